The van der Waals surface area contributed by atoms with E-state index in [0.717, 1.165) is 31.3 Å². The summed E-state index contributed by atoms with van der Waals surface area (Å²) >= 11 is 0. The minimum Gasteiger partial charge on any atom is -0.307 e. The predicted molar refractivity (Wildman–Crippen MR) is 68.6 cm³/mol. The first kappa shape index (κ1) is 12.6. The summed E-state index contributed by atoms with van der Waals surface area (Å²) < 4.78 is 2.01. The average Bonchev–Trinajstić information content (AvgIpc) is 2.97. The van der Waals surface area contributed by atoms with Crippen molar-refractivity contribution in [2.75, 3.05) is 0 Å². The van der Waals surface area contributed by atoms with Gasteiger partial charge in [0.1, 0.15) is 12.2 Å². The van der Waals surface area contributed by atoms with Crippen molar-refractivity contribution in [3.05, 3.63) is 12.2 Å². The molecule has 0 spiro atoms. The highest BCUT2D eigenvalue weighted by Crippen LogP contribution is 2.27. The third kappa shape index (κ3) is 3.28. The zero-order valence-corrected chi connectivity index (χ0v) is 11.0. The van der Waals surface area contributed by atoms with Gasteiger partial charge in [0.25, 0.3) is 0 Å². The molecule has 0 radical (unpaired) electrons. The molecule has 17 heavy (non-hydrogen) atoms. The third-order valence-corrected chi connectivity index (χ3v) is 3.82. The van der Waals surface area contributed by atoms with Crippen LogP contribution in [-0.4, -0.2) is 20.8 Å². The van der Waals surface area contributed by atoms with Crippen molar-refractivity contribution in [2.45, 2.75) is 65.1 Å². The number of nitrogens with one attached hydrogen (secondary N) is 1. The maximum Gasteiger partial charge on any atom is 0.140 e. The Hall–Kier alpha value is -0.900. The van der Waals surface area contributed by atoms with Crippen molar-refractivity contribution in [2.24, 2.45) is 5.92 Å². The van der Waals surface area contributed by atoms with Gasteiger partial charge in [-0.05, 0) is 32.1 Å². The van der Waals surface area contributed by atoms with E-state index in [0.29, 0.717) is 6.04 Å². The number of aromatic nitrogens is 3. The molecule has 1 aliphatic rings. The van der Waals surface area contributed by atoms with Crippen LogP contribution in [0.4, 0.5) is 0 Å². The Morgan fingerprint density at radius 1 is 1.47 bits per heavy atom. The van der Waals surface area contributed by atoms with E-state index in [1.54, 1.807) is 6.33 Å². The van der Waals surface area contributed by atoms with Crippen LogP contribution in [0.2, 0.25) is 0 Å². The van der Waals surface area contributed by atoms with Crippen LogP contribution in [0, 0.1) is 5.92 Å². The molecule has 0 saturated heterocycles. The fraction of sp³-hybridized carbons (Fsp3) is 0.846. The fourth-order valence-electron chi connectivity index (χ4n) is 2.70. The summed E-state index contributed by atoms with van der Waals surface area (Å²) in [5, 5.41) is 7.85. The van der Waals surface area contributed by atoms with E-state index in [2.05, 4.69) is 29.2 Å². The molecule has 1 fully saturated rings. The molecule has 0 amide bonds. The average molecular weight is 236 g/mol. The van der Waals surface area contributed by atoms with Gasteiger partial charge in [0.15, 0.2) is 0 Å². The molecule has 0 bridgehead atoms. The molecule has 1 atom stereocenters. The second kappa shape index (κ2) is 6.15. The van der Waals surface area contributed by atoms with Gasteiger partial charge in [-0.25, -0.2) is 9.67 Å². The normalized spacial score (nSPS) is 18.7. The Bertz CT molecular complexity index is 328. The summed E-state index contributed by atoms with van der Waals surface area (Å²) in [7, 11) is 0. The lowest BCUT2D eigenvalue weighted by Gasteiger charge is -2.20. The van der Waals surface area contributed by atoms with Crippen LogP contribution in [0.5, 0.6) is 0 Å². The molecular formula is C13H24N4. The Balaban J connectivity index is 1.81. The van der Waals surface area contributed by atoms with E-state index in [1.807, 2.05) is 4.68 Å². The van der Waals surface area contributed by atoms with Gasteiger partial charge in [-0.3, -0.25) is 0 Å². The first-order valence-corrected chi connectivity index (χ1v) is 6.91. The second-order valence-corrected chi connectivity index (χ2v) is 5.11. The lowest BCUT2D eigenvalue weighted by molar-refractivity contribution is 0.372. The summed E-state index contributed by atoms with van der Waals surface area (Å²) in [6.45, 7) is 6.28. The van der Waals surface area contributed by atoms with E-state index in [9.17, 15) is 0 Å². The summed E-state index contributed by atoms with van der Waals surface area (Å²) in [6, 6.07) is 0.601. The molecule has 1 N–H and O–H groups in total. The van der Waals surface area contributed by atoms with Gasteiger partial charge in [-0.15, -0.1) is 0 Å². The zero-order valence-electron chi connectivity index (χ0n) is 11.0. The molecule has 4 nitrogen and oxygen atoms in total. The molecule has 1 aromatic rings. The SMILES string of the molecule is CCCn1ncnc1CN[C@@H](C)C1CCCC1. The van der Waals surface area contributed by atoms with Crippen LogP contribution >= 0.6 is 0 Å². The molecular weight excluding hydrogens is 212 g/mol. The molecule has 0 unspecified atom stereocenters. The molecule has 4 heteroatoms. The summed E-state index contributed by atoms with van der Waals surface area (Å²) in [5.41, 5.74) is 0. The largest absolute Gasteiger partial charge is 0.307 e. The number of aryl methyl sites for hydroxylation is 1. The predicted octanol–water partition coefficient (Wildman–Crippen LogP) is 2.36. The highest BCUT2D eigenvalue weighted by atomic mass is 15.3. The van der Waals surface area contributed by atoms with Crippen molar-refractivity contribution < 1.29 is 0 Å². The minimum absolute atomic E-state index is 0.601. The number of hydrogen-bond acceptors (Lipinski definition) is 3. The highest BCUT2D eigenvalue weighted by molar-refractivity contribution is 4.86. The quantitative estimate of drug-likeness (QED) is 0.824. The van der Waals surface area contributed by atoms with E-state index < -0.39 is 0 Å². The molecule has 1 heterocycles. The molecule has 1 aliphatic carbocycles. The van der Waals surface area contributed by atoms with Gasteiger partial charge < -0.3 is 5.32 Å². The smallest absolute Gasteiger partial charge is 0.140 e. The number of hydrogen-bond donors (Lipinski definition) is 1. The standard InChI is InChI=1S/C13H24N4/c1-3-8-17-13(15-10-16-17)9-14-11(2)12-6-4-5-7-12/h10-12,14H,3-9H2,1-2H3/t11-/m0/s1. The van der Waals surface area contributed by atoms with Gasteiger partial charge in [0.05, 0.1) is 6.54 Å². The summed E-state index contributed by atoms with van der Waals surface area (Å²) in [6.07, 6.45) is 8.35. The third-order valence-electron chi connectivity index (χ3n) is 3.82. The van der Waals surface area contributed by atoms with E-state index in [4.69, 9.17) is 0 Å². The molecule has 0 aromatic carbocycles. The molecule has 96 valence electrons. The van der Waals surface area contributed by atoms with Crippen LogP contribution in [0.25, 0.3) is 0 Å². The van der Waals surface area contributed by atoms with Gasteiger partial charge >= 0.3 is 0 Å². The summed E-state index contributed by atoms with van der Waals surface area (Å²) in [5.74, 6) is 1.93. The van der Waals surface area contributed by atoms with Crippen LogP contribution in [-0.2, 0) is 13.1 Å². The van der Waals surface area contributed by atoms with Crippen molar-refractivity contribution >= 4 is 0 Å². The molecule has 1 saturated carbocycles. The minimum atomic E-state index is 0.601. The van der Waals surface area contributed by atoms with Gasteiger partial charge in [0.2, 0.25) is 0 Å². The Morgan fingerprint density at radius 2 is 2.24 bits per heavy atom. The van der Waals surface area contributed by atoms with E-state index >= 15 is 0 Å². The first-order valence-electron chi connectivity index (χ1n) is 6.91. The Kier molecular flexibility index (Phi) is 4.54. The Labute approximate surface area is 104 Å². The summed E-state index contributed by atoms with van der Waals surface area (Å²) in [4.78, 5) is 4.32. The van der Waals surface area contributed by atoms with Crippen LogP contribution in [0.1, 0.15) is 51.8 Å². The lowest BCUT2D eigenvalue weighted by Crippen LogP contribution is -2.32. The van der Waals surface area contributed by atoms with Gasteiger partial charge in [-0.1, -0.05) is 19.8 Å². The fourth-order valence-corrected chi connectivity index (χ4v) is 2.70. The van der Waals surface area contributed by atoms with E-state index in [-0.39, 0.29) is 0 Å². The van der Waals surface area contributed by atoms with Crippen molar-refractivity contribution in [3.63, 3.8) is 0 Å². The maximum absolute atomic E-state index is 4.32. The van der Waals surface area contributed by atoms with Crippen molar-refractivity contribution in [1.29, 1.82) is 0 Å². The maximum atomic E-state index is 4.32. The number of nitrogens with zero attached hydrogens (tertiary/aromatic N) is 3. The second-order valence-electron chi connectivity index (χ2n) is 5.11. The van der Waals surface area contributed by atoms with E-state index in [1.165, 1.54) is 25.7 Å². The highest BCUT2D eigenvalue weighted by Gasteiger charge is 2.21. The van der Waals surface area contributed by atoms with Gasteiger partial charge in [0, 0.05) is 12.6 Å². The van der Waals surface area contributed by atoms with Gasteiger partial charge in [-0.2, -0.15) is 5.10 Å². The monoisotopic (exact) mass is 236 g/mol. The van der Waals surface area contributed by atoms with Crippen LogP contribution in [0.3, 0.4) is 0 Å². The van der Waals surface area contributed by atoms with Crippen molar-refractivity contribution in [1.82, 2.24) is 20.1 Å². The number of rotatable bonds is 6. The van der Waals surface area contributed by atoms with Crippen LogP contribution in [0.15, 0.2) is 6.33 Å². The molecule has 0 aliphatic heterocycles. The lowest BCUT2D eigenvalue weighted by atomic mass is 10.00. The van der Waals surface area contributed by atoms with Crippen LogP contribution < -0.4 is 5.32 Å². The Morgan fingerprint density at radius 3 is 2.94 bits per heavy atom. The zero-order chi connectivity index (χ0) is 12.1. The van der Waals surface area contributed by atoms with Crippen molar-refractivity contribution in [3.8, 4) is 0 Å². The molecule has 2 rings (SSSR count). The first-order chi connectivity index (χ1) is 8.31. The molecule has 1 aromatic heterocycles. The topological polar surface area (TPSA) is 42.7 Å².